The molecule has 0 aliphatic rings. The molecule has 2 aromatic carbocycles. The van der Waals surface area contributed by atoms with Crippen molar-refractivity contribution >= 4 is 23.3 Å². The largest absolute Gasteiger partial charge is 0.456 e. The third kappa shape index (κ3) is 5.37. The summed E-state index contributed by atoms with van der Waals surface area (Å²) in [6, 6.07) is 12.5. The Hall–Kier alpha value is -3.22. The molecule has 0 aliphatic carbocycles. The Morgan fingerprint density at radius 3 is 2.44 bits per heavy atom. The van der Waals surface area contributed by atoms with Crippen molar-refractivity contribution in [1.29, 1.82) is 0 Å². The van der Waals surface area contributed by atoms with Crippen LogP contribution in [0.3, 0.4) is 0 Å². The van der Waals surface area contributed by atoms with Gasteiger partial charge in [0.15, 0.2) is 6.61 Å². The Kier molecular flexibility index (Phi) is 6.65. The summed E-state index contributed by atoms with van der Waals surface area (Å²) >= 11 is 0. The van der Waals surface area contributed by atoms with E-state index in [0.717, 1.165) is 11.1 Å². The van der Waals surface area contributed by atoms with E-state index in [2.05, 4.69) is 5.32 Å². The van der Waals surface area contributed by atoms with Crippen LogP contribution in [0.15, 0.2) is 42.5 Å². The van der Waals surface area contributed by atoms with Crippen molar-refractivity contribution in [2.24, 2.45) is 0 Å². The number of amides is 1. The first kappa shape index (κ1) is 20.1. The number of hydrogen-bond donors (Lipinski definition) is 1. The van der Waals surface area contributed by atoms with Crippen LogP contribution in [0.4, 0.5) is 11.4 Å². The Bertz CT molecular complexity index is 849. The minimum absolute atomic E-state index is 0.0399. The van der Waals surface area contributed by atoms with Gasteiger partial charge in [0.1, 0.15) is 5.69 Å². The minimum atomic E-state index is -0.618. The van der Waals surface area contributed by atoms with Gasteiger partial charge in [-0.3, -0.25) is 19.7 Å². The van der Waals surface area contributed by atoms with Crippen molar-refractivity contribution in [3.8, 4) is 0 Å². The second-order valence-corrected chi connectivity index (χ2v) is 6.38. The lowest BCUT2D eigenvalue weighted by Gasteiger charge is -2.13. The second kappa shape index (κ2) is 8.93. The Morgan fingerprint density at radius 2 is 1.81 bits per heavy atom. The predicted molar refractivity (Wildman–Crippen MR) is 102 cm³/mol. The van der Waals surface area contributed by atoms with Crippen LogP contribution in [0, 0.1) is 24.0 Å². The topological polar surface area (TPSA) is 98.5 Å². The van der Waals surface area contributed by atoms with Crippen LogP contribution in [0.2, 0.25) is 0 Å². The average molecular weight is 370 g/mol. The quantitative estimate of drug-likeness (QED) is 0.453. The minimum Gasteiger partial charge on any atom is -0.456 e. The lowest BCUT2D eigenvalue weighted by atomic mass is 9.98. The lowest BCUT2D eigenvalue weighted by molar-refractivity contribution is -0.384. The Labute approximate surface area is 157 Å². The molecule has 0 saturated carbocycles. The molecular weight excluding hydrogens is 348 g/mol. The van der Waals surface area contributed by atoms with Crippen LogP contribution in [0.25, 0.3) is 0 Å². The van der Waals surface area contributed by atoms with Gasteiger partial charge in [-0.1, -0.05) is 43.3 Å². The van der Waals surface area contributed by atoms with E-state index in [1.165, 1.54) is 6.07 Å². The number of carbonyl (C=O) groups is 2. The summed E-state index contributed by atoms with van der Waals surface area (Å²) in [4.78, 5) is 34.7. The van der Waals surface area contributed by atoms with Gasteiger partial charge in [-0.25, -0.2) is 0 Å². The summed E-state index contributed by atoms with van der Waals surface area (Å²) in [5.74, 6) is -1.16. The highest BCUT2D eigenvalue weighted by Crippen LogP contribution is 2.30. The summed E-state index contributed by atoms with van der Waals surface area (Å²) in [7, 11) is 0. The number of nitro groups is 1. The van der Waals surface area contributed by atoms with Crippen molar-refractivity contribution in [3.63, 3.8) is 0 Å². The number of rotatable bonds is 7. The van der Waals surface area contributed by atoms with E-state index in [9.17, 15) is 19.7 Å². The highest BCUT2D eigenvalue weighted by atomic mass is 16.6. The molecule has 0 saturated heterocycles. The molecule has 0 radical (unpaired) electrons. The molecule has 7 nitrogen and oxygen atoms in total. The molecule has 142 valence electrons. The maximum absolute atomic E-state index is 12.1. The Morgan fingerprint density at radius 1 is 1.15 bits per heavy atom. The molecule has 2 aromatic rings. The summed E-state index contributed by atoms with van der Waals surface area (Å²) in [5.41, 5.74) is 2.34. The van der Waals surface area contributed by atoms with E-state index in [0.29, 0.717) is 5.56 Å². The molecule has 2 rings (SSSR count). The van der Waals surface area contributed by atoms with Crippen LogP contribution in [-0.4, -0.2) is 23.4 Å². The van der Waals surface area contributed by atoms with E-state index < -0.39 is 23.4 Å². The van der Waals surface area contributed by atoms with E-state index in [1.54, 1.807) is 19.9 Å². The van der Waals surface area contributed by atoms with E-state index in [1.807, 2.05) is 37.3 Å². The van der Waals surface area contributed by atoms with Gasteiger partial charge in [-0.2, -0.15) is 0 Å². The maximum atomic E-state index is 12.1. The molecule has 0 aliphatic heterocycles. The van der Waals surface area contributed by atoms with Gasteiger partial charge in [0.2, 0.25) is 0 Å². The van der Waals surface area contributed by atoms with Gasteiger partial charge < -0.3 is 10.1 Å². The highest BCUT2D eigenvalue weighted by Gasteiger charge is 2.20. The van der Waals surface area contributed by atoms with E-state index in [-0.39, 0.29) is 23.7 Å². The van der Waals surface area contributed by atoms with Gasteiger partial charge in [-0.15, -0.1) is 0 Å². The van der Waals surface area contributed by atoms with Crippen molar-refractivity contribution in [3.05, 3.63) is 69.3 Å². The molecule has 7 heteroatoms. The molecule has 27 heavy (non-hydrogen) atoms. The first-order chi connectivity index (χ1) is 12.8. The zero-order valence-electron chi connectivity index (χ0n) is 15.5. The smallest absolute Gasteiger partial charge is 0.306 e. The number of nitrogens with one attached hydrogen (secondary N) is 1. The fourth-order valence-electron chi connectivity index (χ4n) is 2.64. The van der Waals surface area contributed by atoms with Crippen molar-refractivity contribution in [2.75, 3.05) is 11.9 Å². The van der Waals surface area contributed by atoms with Crippen molar-refractivity contribution in [2.45, 2.75) is 33.1 Å². The first-order valence-corrected chi connectivity index (χ1v) is 8.54. The third-order valence-corrected chi connectivity index (χ3v) is 4.38. The summed E-state index contributed by atoms with van der Waals surface area (Å²) in [6.07, 6.45) is 0.140. The number of ether oxygens (including phenoxy) is 1. The number of nitro benzene ring substituents is 1. The molecule has 1 atom stereocenters. The molecule has 0 heterocycles. The summed E-state index contributed by atoms with van der Waals surface area (Å²) in [5, 5.41) is 13.6. The number of hydrogen-bond acceptors (Lipinski definition) is 5. The molecule has 1 N–H and O–H groups in total. The number of esters is 1. The zero-order chi connectivity index (χ0) is 20.0. The van der Waals surface area contributed by atoms with Gasteiger partial charge in [0, 0.05) is 6.07 Å². The number of benzene rings is 2. The fourth-order valence-corrected chi connectivity index (χ4v) is 2.64. The molecule has 0 fully saturated rings. The van der Waals surface area contributed by atoms with Crippen LogP contribution in [-0.2, 0) is 14.3 Å². The summed E-state index contributed by atoms with van der Waals surface area (Å²) in [6.45, 7) is 4.88. The monoisotopic (exact) mass is 370 g/mol. The van der Waals surface area contributed by atoms with Crippen LogP contribution >= 0.6 is 0 Å². The van der Waals surface area contributed by atoms with Crippen LogP contribution < -0.4 is 5.32 Å². The number of anilines is 1. The first-order valence-electron chi connectivity index (χ1n) is 8.54. The molecule has 0 aromatic heterocycles. The van der Waals surface area contributed by atoms with Gasteiger partial charge in [-0.05, 0) is 36.5 Å². The number of aryl methyl sites for hydroxylation is 1. The highest BCUT2D eigenvalue weighted by molar-refractivity contribution is 5.96. The normalized spacial score (nSPS) is 11.5. The molecule has 1 amide bonds. The fraction of sp³-hybridized carbons (Fsp3) is 0.300. The summed E-state index contributed by atoms with van der Waals surface area (Å²) < 4.78 is 5.02. The van der Waals surface area contributed by atoms with Crippen molar-refractivity contribution in [1.82, 2.24) is 0 Å². The molecule has 0 spiro atoms. The standard InChI is InChI=1S/C20H22N2O5/c1-13-9-10-17(22(25)26)20(15(13)3)21-18(23)12-27-19(24)11-14(2)16-7-5-4-6-8-16/h4-10,14H,11-12H2,1-3H3,(H,21,23)/t14-/m0/s1. The number of nitrogens with zero attached hydrogens (tertiary/aromatic N) is 1. The van der Waals surface area contributed by atoms with Crippen molar-refractivity contribution < 1.29 is 19.2 Å². The SMILES string of the molecule is Cc1ccc([N+](=O)[O-])c(NC(=O)COC(=O)C[C@H](C)c2ccccc2)c1C. The van der Waals surface area contributed by atoms with Crippen LogP contribution in [0.5, 0.6) is 0 Å². The molecule has 0 unspecified atom stereocenters. The lowest BCUT2D eigenvalue weighted by Crippen LogP contribution is -2.22. The maximum Gasteiger partial charge on any atom is 0.306 e. The van der Waals surface area contributed by atoms with Gasteiger partial charge >= 0.3 is 5.97 Å². The predicted octanol–water partition coefficient (Wildman–Crippen LogP) is 3.89. The van der Waals surface area contributed by atoms with E-state index >= 15 is 0 Å². The molecular formula is C20H22N2O5. The third-order valence-electron chi connectivity index (χ3n) is 4.38. The second-order valence-electron chi connectivity index (χ2n) is 6.38. The number of carbonyl (C=O) groups excluding carboxylic acids is 2. The average Bonchev–Trinajstić information content (AvgIpc) is 2.64. The molecule has 0 bridgehead atoms. The zero-order valence-corrected chi connectivity index (χ0v) is 15.5. The Balaban J connectivity index is 1.94. The van der Waals surface area contributed by atoms with Gasteiger partial charge in [0.25, 0.3) is 11.6 Å². The van der Waals surface area contributed by atoms with Gasteiger partial charge in [0.05, 0.1) is 11.3 Å². The van der Waals surface area contributed by atoms with E-state index in [4.69, 9.17) is 4.74 Å². The van der Waals surface area contributed by atoms with Crippen LogP contribution in [0.1, 0.15) is 36.0 Å².